The van der Waals surface area contributed by atoms with E-state index >= 15 is 0 Å². The number of sulfone groups is 1. The van der Waals surface area contributed by atoms with Crippen LogP contribution < -0.4 is 11.1 Å². The van der Waals surface area contributed by atoms with Crippen molar-refractivity contribution in [2.24, 2.45) is 0 Å². The monoisotopic (exact) mass is 252 g/mol. The van der Waals surface area contributed by atoms with E-state index in [0.29, 0.717) is 27.6 Å². The summed E-state index contributed by atoms with van der Waals surface area (Å²) in [4.78, 5) is 0.706. The number of fused-ring (bicyclic) bond motifs is 1. The van der Waals surface area contributed by atoms with Gasteiger partial charge in [-0.15, -0.1) is 0 Å². The van der Waals surface area contributed by atoms with Gasteiger partial charge in [0.2, 0.25) is 9.84 Å². The number of nitrogen functional groups attached to an aromatic ring is 1. The molecule has 0 spiro atoms. The maximum atomic E-state index is 12.2. The van der Waals surface area contributed by atoms with E-state index in [1.165, 1.54) is 0 Å². The predicted octanol–water partition coefficient (Wildman–Crippen LogP) is 1.40. The molecule has 2 rings (SSSR count). The van der Waals surface area contributed by atoms with E-state index in [1.807, 2.05) is 13.8 Å². The molecule has 0 unspecified atom stereocenters. The van der Waals surface area contributed by atoms with Crippen molar-refractivity contribution in [2.75, 3.05) is 12.3 Å². The molecule has 0 aliphatic carbocycles. The Hall–Kier alpha value is -1.33. The van der Waals surface area contributed by atoms with Gasteiger partial charge in [-0.25, -0.2) is 8.42 Å². The van der Waals surface area contributed by atoms with E-state index in [0.717, 1.165) is 0 Å². The molecule has 17 heavy (non-hydrogen) atoms. The Bertz CT molecular complexity index is 574. The molecule has 1 aromatic carbocycles. The Morgan fingerprint density at radius 3 is 2.65 bits per heavy atom. The van der Waals surface area contributed by atoms with Crippen molar-refractivity contribution in [1.29, 1.82) is 0 Å². The summed E-state index contributed by atoms with van der Waals surface area (Å²) in [6.07, 6.45) is 1.66. The molecule has 0 fully saturated rings. The van der Waals surface area contributed by atoms with E-state index in [2.05, 4.69) is 5.32 Å². The lowest BCUT2D eigenvalue weighted by molar-refractivity contribution is 0.593. The van der Waals surface area contributed by atoms with Crippen LogP contribution in [0.25, 0.3) is 6.08 Å². The van der Waals surface area contributed by atoms with Gasteiger partial charge in [-0.2, -0.15) is 0 Å². The number of hydrogen-bond donors (Lipinski definition) is 2. The van der Waals surface area contributed by atoms with Gasteiger partial charge >= 0.3 is 0 Å². The van der Waals surface area contributed by atoms with E-state index in [4.69, 9.17) is 5.73 Å². The van der Waals surface area contributed by atoms with Crippen molar-refractivity contribution < 1.29 is 8.42 Å². The number of anilines is 1. The fraction of sp³-hybridized carbons (Fsp3) is 0.333. The van der Waals surface area contributed by atoms with Crippen LogP contribution >= 0.6 is 0 Å². The summed E-state index contributed by atoms with van der Waals surface area (Å²) >= 11 is 0. The zero-order valence-corrected chi connectivity index (χ0v) is 10.7. The summed E-state index contributed by atoms with van der Waals surface area (Å²) < 4.78 is 24.4. The fourth-order valence-corrected chi connectivity index (χ4v) is 3.33. The second-order valence-electron chi connectivity index (χ2n) is 4.41. The van der Waals surface area contributed by atoms with Crippen molar-refractivity contribution in [3.63, 3.8) is 0 Å². The van der Waals surface area contributed by atoms with Crippen molar-refractivity contribution in [2.45, 2.75) is 24.8 Å². The van der Waals surface area contributed by atoms with Crippen LogP contribution in [0, 0.1) is 0 Å². The molecule has 5 heteroatoms. The fourth-order valence-electron chi connectivity index (χ4n) is 1.78. The maximum absolute atomic E-state index is 12.2. The van der Waals surface area contributed by atoms with E-state index in [-0.39, 0.29) is 6.04 Å². The minimum Gasteiger partial charge on any atom is -0.398 e. The van der Waals surface area contributed by atoms with Crippen molar-refractivity contribution in [1.82, 2.24) is 5.32 Å². The van der Waals surface area contributed by atoms with Crippen LogP contribution in [0.2, 0.25) is 0 Å². The van der Waals surface area contributed by atoms with Gasteiger partial charge in [-0.3, -0.25) is 0 Å². The van der Waals surface area contributed by atoms with Gasteiger partial charge in [-0.05, 0) is 18.2 Å². The van der Waals surface area contributed by atoms with E-state index in [9.17, 15) is 8.42 Å². The molecule has 92 valence electrons. The first-order valence-electron chi connectivity index (χ1n) is 5.50. The lowest BCUT2D eigenvalue weighted by Crippen LogP contribution is -2.26. The molecule has 4 nitrogen and oxygen atoms in total. The molecule has 0 radical (unpaired) electrons. The second kappa shape index (κ2) is 4.16. The molecule has 0 amide bonds. The Kier molecular flexibility index (Phi) is 2.97. The normalized spacial score (nSPS) is 17.0. The molecular weight excluding hydrogens is 236 g/mol. The lowest BCUT2D eigenvalue weighted by atomic mass is 10.1. The van der Waals surface area contributed by atoms with Gasteiger partial charge in [0.25, 0.3) is 0 Å². The standard InChI is InChI=1S/C12H16N2O2S/c1-8(2)14-7-9-6-10-11(13)4-3-5-12(10)17(9,15)16/h3-6,8,14H,7,13H2,1-2H3. The third-order valence-electron chi connectivity index (χ3n) is 2.72. The summed E-state index contributed by atoms with van der Waals surface area (Å²) in [6, 6.07) is 5.22. The van der Waals surface area contributed by atoms with Crippen molar-refractivity contribution in [3.05, 3.63) is 28.7 Å². The SMILES string of the molecule is CC(C)NCC1=Cc2c(N)cccc2S1(=O)=O. The largest absolute Gasteiger partial charge is 0.398 e. The van der Waals surface area contributed by atoms with Crippen LogP contribution in [-0.4, -0.2) is 21.0 Å². The molecular formula is C12H16N2O2S. The van der Waals surface area contributed by atoms with Gasteiger partial charge in [0, 0.05) is 23.8 Å². The van der Waals surface area contributed by atoms with Gasteiger partial charge < -0.3 is 11.1 Å². The van der Waals surface area contributed by atoms with Crippen LogP contribution in [0.15, 0.2) is 28.0 Å². The third kappa shape index (κ3) is 2.08. The molecule has 1 aromatic rings. The highest BCUT2D eigenvalue weighted by Crippen LogP contribution is 2.35. The molecule has 0 aromatic heterocycles. The Morgan fingerprint density at radius 1 is 1.35 bits per heavy atom. The van der Waals surface area contributed by atoms with Crippen molar-refractivity contribution in [3.8, 4) is 0 Å². The minimum absolute atomic E-state index is 0.243. The zero-order chi connectivity index (χ0) is 12.6. The third-order valence-corrected chi connectivity index (χ3v) is 4.61. The Labute approximate surface area is 101 Å². The number of hydrogen-bond acceptors (Lipinski definition) is 4. The van der Waals surface area contributed by atoms with E-state index < -0.39 is 9.84 Å². The lowest BCUT2D eigenvalue weighted by Gasteiger charge is -2.08. The summed E-state index contributed by atoms with van der Waals surface area (Å²) in [5, 5.41) is 3.11. The molecule has 1 heterocycles. The molecule has 0 bridgehead atoms. The van der Waals surface area contributed by atoms with E-state index in [1.54, 1.807) is 24.3 Å². The highest BCUT2D eigenvalue weighted by atomic mass is 32.2. The molecule has 0 atom stereocenters. The Balaban J connectivity index is 2.40. The minimum atomic E-state index is -3.35. The number of rotatable bonds is 3. The van der Waals surface area contributed by atoms with Crippen LogP contribution in [0.5, 0.6) is 0 Å². The first-order chi connectivity index (χ1) is 7.93. The van der Waals surface area contributed by atoms with Crippen molar-refractivity contribution >= 4 is 21.6 Å². The molecule has 0 saturated carbocycles. The zero-order valence-electron chi connectivity index (χ0n) is 9.90. The molecule has 1 aliphatic rings. The van der Waals surface area contributed by atoms with Crippen LogP contribution in [0.4, 0.5) is 5.69 Å². The molecule has 1 aliphatic heterocycles. The van der Waals surface area contributed by atoms with Gasteiger partial charge in [0.05, 0.1) is 9.80 Å². The van der Waals surface area contributed by atoms with Gasteiger partial charge in [0.15, 0.2) is 0 Å². The number of benzene rings is 1. The highest BCUT2D eigenvalue weighted by molar-refractivity contribution is 7.95. The second-order valence-corrected chi connectivity index (χ2v) is 6.38. The summed E-state index contributed by atoms with van der Waals surface area (Å²) in [5.41, 5.74) is 6.91. The predicted molar refractivity (Wildman–Crippen MR) is 69.2 cm³/mol. The first-order valence-corrected chi connectivity index (χ1v) is 6.99. The summed E-state index contributed by atoms with van der Waals surface area (Å²) in [6.45, 7) is 4.29. The van der Waals surface area contributed by atoms with Crippen LogP contribution in [0.3, 0.4) is 0 Å². The smallest absolute Gasteiger partial charge is 0.204 e. The van der Waals surface area contributed by atoms with Crippen LogP contribution in [-0.2, 0) is 9.84 Å². The maximum Gasteiger partial charge on any atom is 0.204 e. The average Bonchev–Trinajstić information content (AvgIpc) is 2.50. The number of nitrogens with one attached hydrogen (secondary N) is 1. The Morgan fingerprint density at radius 2 is 2.06 bits per heavy atom. The quantitative estimate of drug-likeness (QED) is 0.797. The highest BCUT2D eigenvalue weighted by Gasteiger charge is 2.30. The van der Waals surface area contributed by atoms with Gasteiger partial charge in [0.1, 0.15) is 0 Å². The summed E-state index contributed by atoms with van der Waals surface area (Å²) in [5.74, 6) is 0. The molecule has 3 N–H and O–H groups in total. The first kappa shape index (κ1) is 12.1. The number of nitrogens with two attached hydrogens (primary N) is 1. The van der Waals surface area contributed by atoms with Gasteiger partial charge in [-0.1, -0.05) is 19.9 Å². The summed E-state index contributed by atoms with van der Waals surface area (Å²) in [7, 11) is -3.35. The topological polar surface area (TPSA) is 72.2 Å². The molecule has 0 saturated heterocycles. The van der Waals surface area contributed by atoms with Crippen LogP contribution in [0.1, 0.15) is 19.4 Å². The average molecular weight is 252 g/mol.